The van der Waals surface area contributed by atoms with Crippen molar-refractivity contribution in [2.24, 2.45) is 0 Å². The van der Waals surface area contributed by atoms with Gasteiger partial charge in [0.1, 0.15) is 0 Å². The van der Waals surface area contributed by atoms with Crippen molar-refractivity contribution in [2.75, 3.05) is 24.5 Å². The third-order valence-corrected chi connectivity index (χ3v) is 3.90. The van der Waals surface area contributed by atoms with Crippen molar-refractivity contribution >= 4 is 17.3 Å². The summed E-state index contributed by atoms with van der Waals surface area (Å²) in [6.07, 6.45) is 2.54. The van der Waals surface area contributed by atoms with Crippen molar-refractivity contribution in [3.63, 3.8) is 0 Å². The van der Waals surface area contributed by atoms with Gasteiger partial charge in [0, 0.05) is 29.8 Å². The highest BCUT2D eigenvalue weighted by Crippen LogP contribution is 2.28. The van der Waals surface area contributed by atoms with Crippen LogP contribution in [0.15, 0.2) is 18.2 Å². The largest absolute Gasteiger partial charge is 0.370 e. The fraction of sp³-hybridized carbons (Fsp3) is 0.571. The summed E-state index contributed by atoms with van der Waals surface area (Å²) in [4.78, 5) is 2.46. The number of nitrogens with one attached hydrogen (secondary N) is 1. The second kappa shape index (κ2) is 5.74. The monoisotopic (exact) mass is 252 g/mol. The molecule has 17 heavy (non-hydrogen) atoms. The van der Waals surface area contributed by atoms with E-state index in [0.29, 0.717) is 6.04 Å². The SMILES string of the molecule is CCNC1CCCN(c2cccc(Cl)c2C)C1. The van der Waals surface area contributed by atoms with Crippen LogP contribution in [0.4, 0.5) is 5.69 Å². The minimum atomic E-state index is 0.618. The van der Waals surface area contributed by atoms with Crippen LogP contribution in [0.25, 0.3) is 0 Å². The summed E-state index contributed by atoms with van der Waals surface area (Å²) in [6.45, 7) is 7.56. The molecule has 0 aromatic heterocycles. The Labute approximate surface area is 109 Å². The van der Waals surface area contributed by atoms with Gasteiger partial charge in [-0.15, -0.1) is 0 Å². The summed E-state index contributed by atoms with van der Waals surface area (Å²) in [6, 6.07) is 6.80. The molecule has 0 amide bonds. The smallest absolute Gasteiger partial charge is 0.0455 e. The van der Waals surface area contributed by atoms with Gasteiger partial charge < -0.3 is 10.2 Å². The second-order valence-electron chi connectivity index (χ2n) is 4.73. The number of rotatable bonds is 3. The standard InChI is InChI=1S/C14H21ClN2/c1-3-16-12-6-5-9-17(10-12)14-8-4-7-13(15)11(14)2/h4,7-8,12,16H,3,5-6,9-10H2,1-2H3. The van der Waals surface area contributed by atoms with Crippen LogP contribution >= 0.6 is 11.6 Å². The zero-order valence-corrected chi connectivity index (χ0v) is 11.4. The number of piperidine rings is 1. The molecule has 1 atom stereocenters. The molecule has 1 fully saturated rings. The number of hydrogen-bond donors (Lipinski definition) is 1. The minimum Gasteiger partial charge on any atom is -0.370 e. The summed E-state index contributed by atoms with van der Waals surface area (Å²) in [5, 5.41) is 4.41. The van der Waals surface area contributed by atoms with Crippen molar-refractivity contribution in [2.45, 2.75) is 32.7 Å². The molecule has 1 aromatic carbocycles. The second-order valence-corrected chi connectivity index (χ2v) is 5.13. The molecule has 1 unspecified atom stereocenters. The molecule has 0 saturated carbocycles. The van der Waals surface area contributed by atoms with E-state index in [1.165, 1.54) is 24.1 Å². The van der Waals surface area contributed by atoms with E-state index in [2.05, 4.69) is 30.1 Å². The van der Waals surface area contributed by atoms with Crippen LogP contribution in [0.2, 0.25) is 5.02 Å². The molecule has 0 radical (unpaired) electrons. The number of nitrogens with zero attached hydrogens (tertiary/aromatic N) is 1. The number of benzene rings is 1. The van der Waals surface area contributed by atoms with Gasteiger partial charge in [0.05, 0.1) is 0 Å². The predicted octanol–water partition coefficient (Wildman–Crippen LogP) is 3.23. The van der Waals surface area contributed by atoms with Crippen LogP contribution in [0.5, 0.6) is 0 Å². The zero-order valence-electron chi connectivity index (χ0n) is 10.7. The van der Waals surface area contributed by atoms with E-state index in [1.807, 2.05) is 12.1 Å². The van der Waals surface area contributed by atoms with Crippen molar-refractivity contribution in [3.8, 4) is 0 Å². The lowest BCUT2D eigenvalue weighted by Crippen LogP contribution is -2.45. The third-order valence-electron chi connectivity index (χ3n) is 3.49. The Kier molecular flexibility index (Phi) is 4.30. The maximum Gasteiger partial charge on any atom is 0.0455 e. The minimum absolute atomic E-state index is 0.618. The van der Waals surface area contributed by atoms with Gasteiger partial charge in [-0.3, -0.25) is 0 Å². The summed E-state index contributed by atoms with van der Waals surface area (Å²) < 4.78 is 0. The van der Waals surface area contributed by atoms with E-state index >= 15 is 0 Å². The van der Waals surface area contributed by atoms with Crippen LogP contribution in [0, 0.1) is 6.92 Å². The molecule has 94 valence electrons. The van der Waals surface area contributed by atoms with Crippen LogP contribution < -0.4 is 10.2 Å². The lowest BCUT2D eigenvalue weighted by atomic mass is 10.0. The first-order valence-corrected chi connectivity index (χ1v) is 6.83. The molecule has 0 spiro atoms. The Morgan fingerprint density at radius 1 is 1.47 bits per heavy atom. The van der Waals surface area contributed by atoms with Gasteiger partial charge in [0.25, 0.3) is 0 Å². The van der Waals surface area contributed by atoms with Gasteiger partial charge in [-0.2, -0.15) is 0 Å². The van der Waals surface area contributed by atoms with Crippen molar-refractivity contribution in [1.29, 1.82) is 0 Å². The molecule has 1 aromatic rings. The van der Waals surface area contributed by atoms with E-state index in [4.69, 9.17) is 11.6 Å². The Hall–Kier alpha value is -0.730. The van der Waals surface area contributed by atoms with Crippen LogP contribution in [0.1, 0.15) is 25.3 Å². The molecule has 1 aliphatic heterocycles. The summed E-state index contributed by atoms with van der Waals surface area (Å²) in [7, 11) is 0. The molecule has 1 aliphatic rings. The first kappa shape index (κ1) is 12.7. The van der Waals surface area contributed by atoms with Gasteiger partial charge in [-0.1, -0.05) is 24.6 Å². The molecular weight excluding hydrogens is 232 g/mol. The first-order chi connectivity index (χ1) is 8.22. The molecule has 1 heterocycles. The first-order valence-electron chi connectivity index (χ1n) is 6.45. The number of anilines is 1. The third kappa shape index (κ3) is 2.93. The van der Waals surface area contributed by atoms with Crippen LogP contribution in [-0.4, -0.2) is 25.7 Å². The highest BCUT2D eigenvalue weighted by Gasteiger charge is 2.20. The Morgan fingerprint density at radius 3 is 3.06 bits per heavy atom. The van der Waals surface area contributed by atoms with Crippen molar-refractivity contribution in [3.05, 3.63) is 28.8 Å². The maximum atomic E-state index is 6.19. The lowest BCUT2D eigenvalue weighted by molar-refractivity contribution is 0.431. The number of halogens is 1. The highest BCUT2D eigenvalue weighted by atomic mass is 35.5. The van der Waals surface area contributed by atoms with E-state index in [-0.39, 0.29) is 0 Å². The van der Waals surface area contributed by atoms with Gasteiger partial charge >= 0.3 is 0 Å². The average Bonchev–Trinajstić information content (AvgIpc) is 2.33. The molecule has 2 rings (SSSR count). The highest BCUT2D eigenvalue weighted by molar-refractivity contribution is 6.31. The fourth-order valence-corrected chi connectivity index (χ4v) is 2.76. The van der Waals surface area contributed by atoms with E-state index in [9.17, 15) is 0 Å². The van der Waals surface area contributed by atoms with Crippen molar-refractivity contribution in [1.82, 2.24) is 5.32 Å². The van der Waals surface area contributed by atoms with Crippen molar-refractivity contribution < 1.29 is 0 Å². The van der Waals surface area contributed by atoms with E-state index < -0.39 is 0 Å². The Bertz CT molecular complexity index is 376. The molecular formula is C14H21ClN2. The summed E-state index contributed by atoms with van der Waals surface area (Å²) in [5.74, 6) is 0. The topological polar surface area (TPSA) is 15.3 Å². The zero-order chi connectivity index (χ0) is 12.3. The van der Waals surface area contributed by atoms with E-state index in [1.54, 1.807) is 0 Å². The molecule has 0 aliphatic carbocycles. The number of hydrogen-bond acceptors (Lipinski definition) is 2. The Morgan fingerprint density at radius 2 is 2.29 bits per heavy atom. The van der Waals surface area contributed by atoms with Gasteiger partial charge in [0.2, 0.25) is 0 Å². The van der Waals surface area contributed by atoms with Gasteiger partial charge in [0.15, 0.2) is 0 Å². The molecule has 0 bridgehead atoms. The normalized spacial score (nSPS) is 20.6. The molecule has 3 heteroatoms. The fourth-order valence-electron chi connectivity index (χ4n) is 2.59. The number of likely N-dealkylation sites (N-methyl/N-ethyl adjacent to an activating group) is 1. The van der Waals surface area contributed by atoms with Crippen LogP contribution in [-0.2, 0) is 0 Å². The quantitative estimate of drug-likeness (QED) is 0.889. The van der Waals surface area contributed by atoms with Crippen LogP contribution in [0.3, 0.4) is 0 Å². The van der Waals surface area contributed by atoms with Gasteiger partial charge in [-0.25, -0.2) is 0 Å². The maximum absolute atomic E-state index is 6.19. The molecule has 1 N–H and O–H groups in total. The summed E-state index contributed by atoms with van der Waals surface area (Å²) >= 11 is 6.19. The average molecular weight is 253 g/mol. The summed E-state index contributed by atoms with van der Waals surface area (Å²) in [5.41, 5.74) is 2.49. The lowest BCUT2D eigenvalue weighted by Gasteiger charge is -2.35. The van der Waals surface area contributed by atoms with E-state index in [0.717, 1.165) is 24.7 Å². The predicted molar refractivity (Wildman–Crippen MR) is 75.1 cm³/mol. The molecule has 1 saturated heterocycles. The van der Waals surface area contributed by atoms with Gasteiger partial charge in [-0.05, 0) is 44.0 Å². The molecule has 2 nitrogen and oxygen atoms in total. The Balaban J connectivity index is 2.13.